The summed E-state index contributed by atoms with van der Waals surface area (Å²) in [5, 5.41) is 4.63. The van der Waals surface area contributed by atoms with E-state index in [1.165, 1.54) is 12.1 Å². The van der Waals surface area contributed by atoms with E-state index in [9.17, 15) is 13.2 Å². The van der Waals surface area contributed by atoms with E-state index in [1.54, 1.807) is 22.9 Å². The van der Waals surface area contributed by atoms with Gasteiger partial charge in [0.25, 0.3) is 0 Å². The van der Waals surface area contributed by atoms with Gasteiger partial charge < -0.3 is 4.74 Å². The summed E-state index contributed by atoms with van der Waals surface area (Å²) in [5.74, 6) is 0.348. The number of alkyl halides is 3. The Balaban J connectivity index is 1.46. The Kier molecular flexibility index (Phi) is 4.03. The zero-order chi connectivity index (χ0) is 21.1. The van der Waals surface area contributed by atoms with Crippen molar-refractivity contribution in [3.63, 3.8) is 0 Å². The van der Waals surface area contributed by atoms with Gasteiger partial charge >= 0.3 is 6.36 Å². The number of aryl methyl sites for hydroxylation is 1. The monoisotopic (exact) mass is 412 g/mol. The fraction of sp³-hybridized carbons (Fsp3) is 0.318. The number of benzene rings is 1. The number of aromatic nitrogens is 2. The van der Waals surface area contributed by atoms with E-state index < -0.39 is 6.36 Å². The quantitative estimate of drug-likeness (QED) is 0.714. The molecule has 1 aromatic heterocycles. The third-order valence-corrected chi connectivity index (χ3v) is 5.72. The molecule has 0 radical (unpaired) electrons. The number of nitrogens with zero attached hydrogens (tertiary/aromatic N) is 4. The number of para-hydroxylation sites is 1. The van der Waals surface area contributed by atoms with Crippen LogP contribution in [0.5, 0.6) is 5.75 Å². The lowest BCUT2D eigenvalue weighted by molar-refractivity contribution is -0.274. The molecule has 0 unspecified atom stereocenters. The van der Waals surface area contributed by atoms with Crippen molar-refractivity contribution in [3.05, 3.63) is 65.1 Å². The lowest BCUT2D eigenvalue weighted by Gasteiger charge is -2.16. The molecule has 0 atom stereocenters. The number of aliphatic imine (C=N–C) groups is 2. The Morgan fingerprint density at radius 2 is 1.90 bits per heavy atom. The van der Waals surface area contributed by atoms with Crippen molar-refractivity contribution in [1.82, 2.24) is 9.78 Å². The van der Waals surface area contributed by atoms with E-state index in [-0.39, 0.29) is 11.2 Å². The summed E-state index contributed by atoms with van der Waals surface area (Å²) >= 11 is 0. The zero-order valence-electron chi connectivity index (χ0n) is 16.5. The van der Waals surface area contributed by atoms with Crippen LogP contribution in [0.15, 0.2) is 58.2 Å². The normalized spacial score (nSPS) is 19.5. The first kappa shape index (κ1) is 18.8. The van der Waals surface area contributed by atoms with Crippen LogP contribution in [0, 0.1) is 0 Å². The first-order valence-corrected chi connectivity index (χ1v) is 9.70. The molecular weight excluding hydrogens is 393 g/mol. The summed E-state index contributed by atoms with van der Waals surface area (Å²) in [5.41, 5.74) is 4.48. The Morgan fingerprint density at radius 1 is 1.13 bits per heavy atom. The molecule has 3 aliphatic rings. The molecule has 154 valence electrons. The number of hydrogen-bond acceptors (Lipinski definition) is 4. The van der Waals surface area contributed by atoms with Crippen molar-refractivity contribution >= 4 is 17.1 Å². The number of ether oxygens (including phenoxy) is 1. The SMILES string of the molecule is Cn1nc(C2(C)CC2)cc1C1=NC2=CC(c3ccccc3OC(F)(F)F)=CCC2=N1. The van der Waals surface area contributed by atoms with Gasteiger partial charge in [-0.25, -0.2) is 9.98 Å². The van der Waals surface area contributed by atoms with Crippen LogP contribution in [0.4, 0.5) is 13.2 Å². The van der Waals surface area contributed by atoms with E-state index in [0.29, 0.717) is 29.1 Å². The highest BCUT2D eigenvalue weighted by molar-refractivity contribution is 6.20. The van der Waals surface area contributed by atoms with Crippen molar-refractivity contribution in [3.8, 4) is 5.75 Å². The predicted octanol–water partition coefficient (Wildman–Crippen LogP) is 4.94. The standard InChI is InChI=1S/C22H19F3N4O/c1-21(9-10-21)19-12-17(29(2)28-19)20-26-15-8-7-13(11-16(15)27-20)14-5-3-4-6-18(14)30-22(23,24)25/h3-7,11-12H,8-10H2,1-2H3. The van der Waals surface area contributed by atoms with Gasteiger partial charge in [0.15, 0.2) is 5.84 Å². The smallest absolute Gasteiger partial charge is 0.405 e. The Labute approximate surface area is 171 Å². The molecule has 5 nitrogen and oxygen atoms in total. The number of allylic oxidation sites excluding steroid dienone is 4. The number of hydrogen-bond donors (Lipinski definition) is 0. The summed E-state index contributed by atoms with van der Waals surface area (Å²) < 4.78 is 44.3. The minimum absolute atomic E-state index is 0.144. The van der Waals surface area contributed by atoms with Crippen molar-refractivity contribution in [2.75, 3.05) is 0 Å². The van der Waals surface area contributed by atoms with E-state index >= 15 is 0 Å². The molecule has 5 rings (SSSR count). The lowest BCUT2D eigenvalue weighted by atomic mass is 9.96. The highest BCUT2D eigenvalue weighted by Crippen LogP contribution is 2.47. The summed E-state index contributed by atoms with van der Waals surface area (Å²) in [6.07, 6.45) is 1.59. The number of halogens is 3. The molecule has 1 aromatic carbocycles. The molecule has 0 saturated heterocycles. The summed E-state index contributed by atoms with van der Waals surface area (Å²) in [6.45, 7) is 2.19. The van der Waals surface area contributed by atoms with Gasteiger partial charge in [-0.3, -0.25) is 4.68 Å². The molecule has 2 heterocycles. The molecule has 0 amide bonds. The van der Waals surface area contributed by atoms with Gasteiger partial charge in [0, 0.05) is 24.4 Å². The van der Waals surface area contributed by atoms with Crippen LogP contribution >= 0.6 is 0 Å². The topological polar surface area (TPSA) is 51.8 Å². The van der Waals surface area contributed by atoms with E-state index in [4.69, 9.17) is 0 Å². The van der Waals surface area contributed by atoms with Gasteiger partial charge in [-0.15, -0.1) is 13.2 Å². The summed E-state index contributed by atoms with van der Waals surface area (Å²) in [6, 6.07) is 8.15. The molecule has 1 fully saturated rings. The van der Waals surface area contributed by atoms with Gasteiger partial charge in [-0.05, 0) is 36.6 Å². The van der Waals surface area contributed by atoms with Gasteiger partial charge in [0.05, 0.1) is 17.1 Å². The molecule has 8 heteroatoms. The van der Waals surface area contributed by atoms with E-state index in [2.05, 4.69) is 26.7 Å². The minimum atomic E-state index is -4.75. The second-order valence-electron chi connectivity index (χ2n) is 8.03. The maximum atomic E-state index is 12.8. The van der Waals surface area contributed by atoms with Gasteiger partial charge in [-0.1, -0.05) is 31.2 Å². The molecule has 0 spiro atoms. The molecule has 2 aliphatic carbocycles. The zero-order valence-corrected chi connectivity index (χ0v) is 16.5. The Bertz CT molecular complexity index is 1160. The third kappa shape index (κ3) is 3.36. The van der Waals surface area contributed by atoms with Gasteiger partial charge in [0.2, 0.25) is 0 Å². The average Bonchev–Trinajstić information content (AvgIpc) is 3.11. The Hall–Kier alpha value is -3.16. The van der Waals surface area contributed by atoms with Crippen molar-refractivity contribution in [2.24, 2.45) is 17.0 Å². The molecule has 0 N–H and O–H groups in total. The largest absolute Gasteiger partial charge is 0.573 e. The summed E-state index contributed by atoms with van der Waals surface area (Å²) in [7, 11) is 1.87. The fourth-order valence-corrected chi connectivity index (χ4v) is 3.70. The average molecular weight is 412 g/mol. The first-order chi connectivity index (χ1) is 14.2. The van der Waals surface area contributed by atoms with Crippen LogP contribution in [0.2, 0.25) is 0 Å². The second-order valence-corrected chi connectivity index (χ2v) is 8.03. The van der Waals surface area contributed by atoms with Crippen LogP contribution in [0.3, 0.4) is 0 Å². The van der Waals surface area contributed by atoms with E-state index in [0.717, 1.165) is 29.9 Å². The van der Waals surface area contributed by atoms with Gasteiger partial charge in [-0.2, -0.15) is 5.10 Å². The van der Waals surface area contributed by atoms with Gasteiger partial charge in [0.1, 0.15) is 11.4 Å². The fourth-order valence-electron chi connectivity index (χ4n) is 3.70. The number of fused-ring (bicyclic) bond motifs is 1. The van der Waals surface area contributed by atoms with Crippen LogP contribution in [0.1, 0.15) is 43.1 Å². The highest BCUT2D eigenvalue weighted by Gasteiger charge is 2.42. The lowest BCUT2D eigenvalue weighted by Crippen LogP contribution is -2.18. The minimum Gasteiger partial charge on any atom is -0.405 e. The van der Waals surface area contributed by atoms with E-state index in [1.807, 2.05) is 19.2 Å². The third-order valence-electron chi connectivity index (χ3n) is 5.72. The van der Waals surface area contributed by atoms with Crippen LogP contribution in [-0.4, -0.2) is 27.7 Å². The van der Waals surface area contributed by atoms with Crippen molar-refractivity contribution < 1.29 is 17.9 Å². The van der Waals surface area contributed by atoms with Crippen molar-refractivity contribution in [1.29, 1.82) is 0 Å². The maximum Gasteiger partial charge on any atom is 0.573 e. The maximum absolute atomic E-state index is 12.8. The molecule has 0 bridgehead atoms. The molecule has 2 aromatic rings. The Morgan fingerprint density at radius 3 is 2.63 bits per heavy atom. The number of amidine groups is 1. The van der Waals surface area contributed by atoms with Crippen LogP contribution in [-0.2, 0) is 12.5 Å². The predicted molar refractivity (Wildman–Crippen MR) is 108 cm³/mol. The molecule has 1 saturated carbocycles. The molecule has 30 heavy (non-hydrogen) atoms. The van der Waals surface area contributed by atoms with Crippen molar-refractivity contribution in [2.45, 2.75) is 38.0 Å². The second kappa shape index (κ2) is 6.42. The van der Waals surface area contributed by atoms with Crippen LogP contribution in [0.25, 0.3) is 5.57 Å². The summed E-state index contributed by atoms with van der Waals surface area (Å²) in [4.78, 5) is 9.29. The number of rotatable bonds is 4. The van der Waals surface area contributed by atoms with Crippen LogP contribution < -0.4 is 4.74 Å². The molecule has 1 aliphatic heterocycles. The molecular formula is C22H19F3N4O. The highest BCUT2D eigenvalue weighted by atomic mass is 19.4. The first-order valence-electron chi connectivity index (χ1n) is 9.70.